The maximum Gasteiger partial charge on any atom is 0.335 e. The summed E-state index contributed by atoms with van der Waals surface area (Å²) in [6.45, 7) is 5.27. The fraction of sp³-hybridized carbons (Fsp3) is 0.143. The van der Waals surface area contributed by atoms with Crippen LogP contribution in [0.15, 0.2) is 19.0 Å². The predicted octanol–water partition coefficient (Wildman–Crippen LogP) is 1.48. The van der Waals surface area contributed by atoms with Crippen LogP contribution in [-0.2, 0) is 0 Å². The van der Waals surface area contributed by atoms with Gasteiger partial charge in [-0.15, -0.1) is 0 Å². The molecule has 0 fully saturated rings. The average molecular weight is 154 g/mol. The summed E-state index contributed by atoms with van der Waals surface area (Å²) in [4.78, 5) is 10.1. The van der Waals surface area contributed by atoms with E-state index in [2.05, 4.69) is 11.7 Å². The molecule has 11 heavy (non-hydrogen) atoms. The molecular formula is C7H7FN2O. The second kappa shape index (κ2) is 2.65. The molecular weight excluding hydrogens is 147 g/mol. The van der Waals surface area contributed by atoms with Gasteiger partial charge >= 0.3 is 6.04 Å². The quantitative estimate of drug-likeness (QED) is 0.605. The lowest BCUT2D eigenvalue weighted by atomic mass is 10.4. The first-order valence-corrected chi connectivity index (χ1v) is 3.01. The molecule has 1 rings (SSSR count). The number of halogens is 1. The summed E-state index contributed by atoms with van der Waals surface area (Å²) < 4.78 is 13.3. The van der Waals surface area contributed by atoms with Gasteiger partial charge in [-0.1, -0.05) is 6.58 Å². The van der Waals surface area contributed by atoms with Crippen LogP contribution in [0.3, 0.4) is 0 Å². The van der Waals surface area contributed by atoms with Crippen LogP contribution in [0, 0.1) is 0 Å². The third-order valence-electron chi connectivity index (χ3n) is 1.20. The third-order valence-corrected chi connectivity index (χ3v) is 1.20. The summed E-state index contributed by atoms with van der Waals surface area (Å²) in [5.41, 5.74) is 0.588. The monoisotopic (exact) mass is 154 g/mol. The van der Waals surface area contributed by atoms with E-state index in [-0.39, 0.29) is 5.56 Å². The van der Waals surface area contributed by atoms with Gasteiger partial charge < -0.3 is 0 Å². The van der Waals surface area contributed by atoms with Gasteiger partial charge in [-0.25, -0.2) is 4.68 Å². The highest BCUT2D eigenvalue weighted by Crippen LogP contribution is 2.03. The summed E-state index contributed by atoms with van der Waals surface area (Å²) in [6.07, 6.45) is 2.46. The fourth-order valence-corrected chi connectivity index (χ4v) is 0.633. The van der Waals surface area contributed by atoms with Crippen LogP contribution in [0.25, 0.3) is 5.70 Å². The molecule has 0 aliphatic rings. The highest BCUT2D eigenvalue weighted by molar-refractivity contribution is 5.87. The Balaban J connectivity index is 2.99. The minimum Gasteiger partial charge on any atom is -0.255 e. The summed E-state index contributed by atoms with van der Waals surface area (Å²) in [6, 6.07) is -1.47. The molecule has 0 unspecified atom stereocenters. The van der Waals surface area contributed by atoms with Crippen molar-refractivity contribution in [3.63, 3.8) is 0 Å². The minimum atomic E-state index is -1.47. The molecule has 0 saturated heterocycles. The van der Waals surface area contributed by atoms with Crippen molar-refractivity contribution in [1.82, 2.24) is 9.78 Å². The van der Waals surface area contributed by atoms with Crippen LogP contribution in [-0.4, -0.2) is 15.8 Å². The Hall–Kier alpha value is -1.45. The van der Waals surface area contributed by atoms with Gasteiger partial charge in [0.1, 0.15) is 0 Å². The van der Waals surface area contributed by atoms with Gasteiger partial charge in [-0.3, -0.25) is 4.79 Å². The molecule has 0 spiro atoms. The number of carbonyl (C=O) groups excluding carboxylic acids is 1. The Morgan fingerprint density at radius 2 is 2.45 bits per heavy atom. The van der Waals surface area contributed by atoms with Crippen LogP contribution in [0.2, 0.25) is 0 Å². The Morgan fingerprint density at radius 1 is 1.82 bits per heavy atom. The molecule has 4 heteroatoms. The van der Waals surface area contributed by atoms with E-state index in [1.165, 1.54) is 10.9 Å². The summed E-state index contributed by atoms with van der Waals surface area (Å²) in [5, 5.41) is 3.69. The van der Waals surface area contributed by atoms with Crippen molar-refractivity contribution in [3.05, 3.63) is 24.5 Å². The van der Waals surface area contributed by atoms with Gasteiger partial charge in [0.2, 0.25) is 0 Å². The molecule has 0 amide bonds. The molecule has 0 aliphatic heterocycles. The second-order valence-corrected chi connectivity index (χ2v) is 2.18. The maximum atomic E-state index is 12.0. The highest BCUT2D eigenvalue weighted by Gasteiger charge is 2.05. The Labute approximate surface area is 63.1 Å². The molecule has 0 radical (unpaired) electrons. The maximum absolute atomic E-state index is 12.0. The first-order valence-electron chi connectivity index (χ1n) is 3.01. The summed E-state index contributed by atoms with van der Waals surface area (Å²) in [5.74, 6) is 0. The van der Waals surface area contributed by atoms with Crippen molar-refractivity contribution >= 4 is 11.7 Å². The third kappa shape index (κ3) is 1.52. The molecule has 0 N–H and O–H groups in total. The highest BCUT2D eigenvalue weighted by atomic mass is 19.1. The van der Waals surface area contributed by atoms with Gasteiger partial charge in [0.25, 0.3) is 0 Å². The van der Waals surface area contributed by atoms with E-state index in [4.69, 9.17) is 0 Å². The second-order valence-electron chi connectivity index (χ2n) is 2.18. The van der Waals surface area contributed by atoms with E-state index in [0.717, 1.165) is 6.20 Å². The lowest BCUT2D eigenvalue weighted by Gasteiger charge is -1.94. The molecule has 0 bridgehead atoms. The first-order chi connectivity index (χ1) is 5.11. The molecule has 3 nitrogen and oxygen atoms in total. The lowest BCUT2D eigenvalue weighted by Crippen LogP contribution is -1.91. The number of nitrogens with zero attached hydrogens (tertiary/aromatic N) is 2. The van der Waals surface area contributed by atoms with Crippen molar-refractivity contribution in [2.24, 2.45) is 0 Å². The van der Waals surface area contributed by atoms with Gasteiger partial charge in [0.15, 0.2) is 0 Å². The number of rotatable bonds is 2. The van der Waals surface area contributed by atoms with E-state index >= 15 is 0 Å². The molecule has 58 valence electrons. The number of aromatic nitrogens is 2. The standard InChI is InChI=1S/C7H7FN2O/c1-5(2)10-4-6(3-9-10)7(8)11/h3-4H,1H2,2H3. The van der Waals surface area contributed by atoms with Crippen molar-refractivity contribution in [2.75, 3.05) is 0 Å². The summed E-state index contributed by atoms with van der Waals surface area (Å²) in [7, 11) is 0. The number of hydrogen-bond donors (Lipinski definition) is 0. The van der Waals surface area contributed by atoms with Crippen LogP contribution in [0.4, 0.5) is 4.39 Å². The number of hydrogen-bond acceptors (Lipinski definition) is 2. The molecule has 0 atom stereocenters. The van der Waals surface area contributed by atoms with E-state index in [0.29, 0.717) is 5.70 Å². The minimum absolute atomic E-state index is 0.0481. The molecule has 0 aliphatic carbocycles. The topological polar surface area (TPSA) is 34.9 Å². The Kier molecular flexibility index (Phi) is 1.85. The Bertz CT molecular complexity index is 275. The van der Waals surface area contributed by atoms with Crippen molar-refractivity contribution in [2.45, 2.75) is 6.92 Å². The van der Waals surface area contributed by atoms with Gasteiger partial charge in [-0.05, 0) is 6.92 Å². The van der Waals surface area contributed by atoms with Crippen molar-refractivity contribution in [1.29, 1.82) is 0 Å². The zero-order valence-corrected chi connectivity index (χ0v) is 6.04. The molecule has 1 aromatic rings. The lowest BCUT2D eigenvalue weighted by molar-refractivity contribution is 0.0836. The zero-order valence-electron chi connectivity index (χ0n) is 6.04. The van der Waals surface area contributed by atoms with E-state index < -0.39 is 6.04 Å². The molecule has 1 heterocycles. The number of carbonyl (C=O) groups is 1. The van der Waals surface area contributed by atoms with Crippen LogP contribution in [0.1, 0.15) is 17.3 Å². The van der Waals surface area contributed by atoms with Gasteiger partial charge in [-0.2, -0.15) is 9.49 Å². The van der Waals surface area contributed by atoms with Gasteiger partial charge in [0.05, 0.1) is 11.8 Å². The largest absolute Gasteiger partial charge is 0.335 e. The smallest absolute Gasteiger partial charge is 0.255 e. The molecule has 0 aromatic carbocycles. The average Bonchev–Trinajstić information content (AvgIpc) is 2.33. The first kappa shape index (κ1) is 7.65. The predicted molar refractivity (Wildman–Crippen MR) is 38.7 cm³/mol. The number of allylic oxidation sites excluding steroid dienone is 1. The van der Waals surface area contributed by atoms with Crippen molar-refractivity contribution < 1.29 is 9.18 Å². The van der Waals surface area contributed by atoms with Gasteiger partial charge in [0, 0.05) is 11.9 Å². The molecule has 1 aromatic heterocycles. The Morgan fingerprint density at radius 3 is 2.73 bits per heavy atom. The molecule has 0 saturated carbocycles. The van der Waals surface area contributed by atoms with Crippen molar-refractivity contribution in [3.8, 4) is 0 Å². The van der Waals surface area contributed by atoms with Crippen LogP contribution in [0.5, 0.6) is 0 Å². The van der Waals surface area contributed by atoms with Crippen LogP contribution >= 0.6 is 0 Å². The fourth-order valence-electron chi connectivity index (χ4n) is 0.633. The van der Waals surface area contributed by atoms with E-state index in [1.807, 2.05) is 0 Å². The summed E-state index contributed by atoms with van der Waals surface area (Å²) >= 11 is 0. The van der Waals surface area contributed by atoms with E-state index in [9.17, 15) is 9.18 Å². The normalized spacial score (nSPS) is 9.64. The zero-order chi connectivity index (χ0) is 8.43. The van der Waals surface area contributed by atoms with Crippen LogP contribution < -0.4 is 0 Å². The SMILES string of the molecule is C=C(C)n1cc(C(=O)F)cn1. The van der Waals surface area contributed by atoms with E-state index in [1.54, 1.807) is 6.92 Å².